The summed E-state index contributed by atoms with van der Waals surface area (Å²) in [5.74, 6) is 1.38. The molecule has 5 nitrogen and oxygen atoms in total. The van der Waals surface area contributed by atoms with Crippen molar-refractivity contribution < 1.29 is 17.3 Å². The number of hydrogen-bond donors (Lipinski definition) is 0. The van der Waals surface area contributed by atoms with E-state index >= 15 is 0 Å². The first-order valence-corrected chi connectivity index (χ1v) is 9.46. The minimum atomic E-state index is -3.37. The van der Waals surface area contributed by atoms with Gasteiger partial charge in [-0.05, 0) is 30.0 Å². The third-order valence-corrected chi connectivity index (χ3v) is 4.05. The lowest BCUT2D eigenvalue weighted by molar-refractivity contribution is 0.206. The number of rotatable bonds is 7. The lowest BCUT2D eigenvalue weighted by Gasteiger charge is -2.16. The van der Waals surface area contributed by atoms with Crippen molar-refractivity contribution in [2.75, 3.05) is 26.0 Å². The van der Waals surface area contributed by atoms with Crippen LogP contribution in [0.3, 0.4) is 0 Å². The molecule has 1 aromatic carbocycles. The summed E-state index contributed by atoms with van der Waals surface area (Å²) in [6.45, 7) is 7.22. The molecule has 2 rings (SSSR count). The molecular weight excluding hydrogens is 302 g/mol. The highest BCUT2D eigenvalue weighted by Crippen LogP contribution is 2.20. The van der Waals surface area contributed by atoms with E-state index in [0.717, 1.165) is 31.5 Å². The van der Waals surface area contributed by atoms with Crippen LogP contribution in [0.4, 0.5) is 0 Å². The second-order valence-electron chi connectivity index (χ2n) is 6.30. The van der Waals surface area contributed by atoms with Crippen molar-refractivity contribution >= 4 is 10.1 Å². The van der Waals surface area contributed by atoms with Crippen molar-refractivity contribution in [3.05, 3.63) is 29.8 Å². The Labute approximate surface area is 133 Å². The maximum atomic E-state index is 11.2. The third kappa shape index (κ3) is 5.94. The van der Waals surface area contributed by atoms with Crippen LogP contribution in [0.2, 0.25) is 0 Å². The van der Waals surface area contributed by atoms with E-state index in [-0.39, 0.29) is 6.10 Å². The Balaban J connectivity index is 1.88. The fourth-order valence-electron chi connectivity index (χ4n) is 2.52. The first kappa shape index (κ1) is 17.2. The third-order valence-electron chi connectivity index (χ3n) is 3.43. The van der Waals surface area contributed by atoms with Gasteiger partial charge in [-0.2, -0.15) is 8.42 Å². The lowest BCUT2D eigenvalue weighted by Crippen LogP contribution is -2.24. The average molecular weight is 327 g/mol. The molecule has 0 saturated carbocycles. The molecule has 1 aromatic rings. The zero-order valence-electron chi connectivity index (χ0n) is 13.5. The Morgan fingerprint density at radius 2 is 2.14 bits per heavy atom. The van der Waals surface area contributed by atoms with Crippen molar-refractivity contribution in [1.82, 2.24) is 4.90 Å². The van der Waals surface area contributed by atoms with Gasteiger partial charge in [-0.1, -0.05) is 26.0 Å². The maximum Gasteiger partial charge on any atom is 0.264 e. The highest BCUT2D eigenvalue weighted by Gasteiger charge is 2.26. The van der Waals surface area contributed by atoms with Gasteiger partial charge < -0.3 is 4.74 Å². The molecule has 1 fully saturated rings. The van der Waals surface area contributed by atoms with Gasteiger partial charge in [0.05, 0.1) is 19.0 Å². The zero-order valence-corrected chi connectivity index (χ0v) is 14.3. The molecule has 0 aromatic heterocycles. The largest absolute Gasteiger partial charge is 0.493 e. The normalized spacial score (nSPS) is 19.7. The Hall–Kier alpha value is -1.11. The van der Waals surface area contributed by atoms with Gasteiger partial charge in [-0.25, -0.2) is 0 Å². The molecule has 1 atom stereocenters. The molecule has 124 valence electrons. The number of ether oxygens (including phenoxy) is 1. The summed E-state index contributed by atoms with van der Waals surface area (Å²) >= 11 is 0. The van der Waals surface area contributed by atoms with Crippen LogP contribution in [0.1, 0.15) is 25.8 Å². The Bertz CT molecular complexity index is 586. The quantitative estimate of drug-likeness (QED) is 0.719. The molecule has 0 bridgehead atoms. The summed E-state index contributed by atoms with van der Waals surface area (Å²) in [5, 5.41) is 0. The van der Waals surface area contributed by atoms with Crippen LogP contribution in [0, 0.1) is 5.92 Å². The van der Waals surface area contributed by atoms with Gasteiger partial charge in [-0.3, -0.25) is 9.08 Å². The second kappa shape index (κ2) is 7.44. The molecule has 6 heteroatoms. The molecule has 0 unspecified atom stereocenters. The fourth-order valence-corrected chi connectivity index (χ4v) is 3.17. The van der Waals surface area contributed by atoms with E-state index in [1.165, 1.54) is 5.56 Å². The van der Waals surface area contributed by atoms with Crippen LogP contribution in [0.15, 0.2) is 24.3 Å². The highest BCUT2D eigenvalue weighted by atomic mass is 32.2. The summed E-state index contributed by atoms with van der Waals surface area (Å²) in [7, 11) is -3.37. The molecular formula is C16H25NO4S. The smallest absolute Gasteiger partial charge is 0.264 e. The van der Waals surface area contributed by atoms with Gasteiger partial charge in [0.1, 0.15) is 5.75 Å². The highest BCUT2D eigenvalue weighted by molar-refractivity contribution is 7.86. The van der Waals surface area contributed by atoms with Crippen LogP contribution in [-0.4, -0.2) is 45.4 Å². The summed E-state index contributed by atoms with van der Waals surface area (Å²) in [6, 6.07) is 8.07. The SMILES string of the molecule is CC(C)COc1cccc(CN2CC[C@@H](OS(C)(=O)=O)C2)c1. The van der Waals surface area contributed by atoms with E-state index < -0.39 is 10.1 Å². The number of benzene rings is 1. The van der Waals surface area contributed by atoms with Crippen LogP contribution >= 0.6 is 0 Å². The van der Waals surface area contributed by atoms with E-state index in [1.807, 2.05) is 18.2 Å². The summed E-state index contributed by atoms with van der Waals surface area (Å²) in [5.41, 5.74) is 1.17. The molecule has 1 saturated heterocycles. The lowest BCUT2D eigenvalue weighted by atomic mass is 10.2. The monoisotopic (exact) mass is 327 g/mol. The van der Waals surface area contributed by atoms with Gasteiger partial charge in [0.2, 0.25) is 0 Å². The Morgan fingerprint density at radius 1 is 1.36 bits per heavy atom. The van der Waals surface area contributed by atoms with Gasteiger partial charge >= 0.3 is 0 Å². The molecule has 0 radical (unpaired) electrons. The minimum absolute atomic E-state index is 0.227. The molecule has 0 amide bonds. The minimum Gasteiger partial charge on any atom is -0.493 e. The summed E-state index contributed by atoms with van der Waals surface area (Å²) in [6.07, 6.45) is 1.62. The van der Waals surface area contributed by atoms with Crippen molar-refractivity contribution in [2.24, 2.45) is 5.92 Å². The molecule has 0 spiro atoms. The second-order valence-corrected chi connectivity index (χ2v) is 7.90. The van der Waals surface area contributed by atoms with E-state index in [2.05, 4.69) is 24.8 Å². The molecule has 1 heterocycles. The predicted octanol–water partition coefficient (Wildman–Crippen LogP) is 2.27. The van der Waals surface area contributed by atoms with Crippen LogP contribution in [-0.2, 0) is 20.8 Å². The van der Waals surface area contributed by atoms with E-state index in [9.17, 15) is 8.42 Å². The molecule has 22 heavy (non-hydrogen) atoms. The summed E-state index contributed by atoms with van der Waals surface area (Å²) < 4.78 is 33.1. The Morgan fingerprint density at radius 3 is 2.82 bits per heavy atom. The van der Waals surface area contributed by atoms with Crippen LogP contribution in [0.25, 0.3) is 0 Å². The summed E-state index contributed by atoms with van der Waals surface area (Å²) in [4.78, 5) is 2.21. The average Bonchev–Trinajstić information content (AvgIpc) is 2.81. The zero-order chi connectivity index (χ0) is 16.2. The molecule has 1 aliphatic rings. The van der Waals surface area contributed by atoms with Crippen molar-refractivity contribution in [1.29, 1.82) is 0 Å². The topological polar surface area (TPSA) is 55.8 Å². The van der Waals surface area contributed by atoms with Gasteiger partial charge in [0.25, 0.3) is 10.1 Å². The van der Waals surface area contributed by atoms with E-state index in [4.69, 9.17) is 8.92 Å². The van der Waals surface area contributed by atoms with Crippen molar-refractivity contribution in [2.45, 2.75) is 32.9 Å². The van der Waals surface area contributed by atoms with Crippen molar-refractivity contribution in [3.63, 3.8) is 0 Å². The number of nitrogens with zero attached hydrogens (tertiary/aromatic N) is 1. The van der Waals surface area contributed by atoms with Gasteiger partial charge in [-0.15, -0.1) is 0 Å². The Kier molecular flexibility index (Phi) is 5.83. The maximum absolute atomic E-state index is 11.2. The van der Waals surface area contributed by atoms with E-state index in [1.54, 1.807) is 0 Å². The van der Waals surface area contributed by atoms with Crippen molar-refractivity contribution in [3.8, 4) is 5.75 Å². The first-order chi connectivity index (χ1) is 10.3. The molecule has 1 aliphatic heterocycles. The molecule has 0 N–H and O–H groups in total. The first-order valence-electron chi connectivity index (χ1n) is 7.64. The predicted molar refractivity (Wildman–Crippen MR) is 86.4 cm³/mol. The van der Waals surface area contributed by atoms with Gasteiger partial charge in [0.15, 0.2) is 0 Å². The molecule has 0 aliphatic carbocycles. The standard InChI is InChI=1S/C16H25NO4S/c1-13(2)12-20-15-6-4-5-14(9-15)10-17-8-7-16(11-17)21-22(3,18)19/h4-6,9,13,16H,7-8,10-12H2,1-3H3/t16-/m1/s1. The van der Waals surface area contributed by atoms with Crippen LogP contribution < -0.4 is 4.74 Å². The number of likely N-dealkylation sites (tertiary alicyclic amines) is 1. The fraction of sp³-hybridized carbons (Fsp3) is 0.625. The number of hydrogen-bond acceptors (Lipinski definition) is 5. The van der Waals surface area contributed by atoms with E-state index in [0.29, 0.717) is 19.1 Å². The van der Waals surface area contributed by atoms with Gasteiger partial charge in [0, 0.05) is 19.6 Å². The van der Waals surface area contributed by atoms with Crippen LogP contribution in [0.5, 0.6) is 5.75 Å².